The van der Waals surface area contributed by atoms with E-state index in [1.165, 1.54) is 0 Å². The summed E-state index contributed by atoms with van der Waals surface area (Å²) < 4.78 is 5.29. The molecule has 5 nitrogen and oxygen atoms in total. The molecular formula is C11H18N4O. The Hall–Kier alpha value is -1.17. The topological polar surface area (TPSA) is 77.4 Å². The summed E-state index contributed by atoms with van der Waals surface area (Å²) in [6.45, 7) is 3.78. The fraction of sp³-hybridized carbons (Fsp3) is 0.545. The Labute approximate surface area is 95.4 Å². The van der Waals surface area contributed by atoms with Gasteiger partial charge in [0.25, 0.3) is 0 Å². The normalized spacial score (nSPS) is 18.5. The molecule has 1 fully saturated rings. The monoisotopic (exact) mass is 222 g/mol. The van der Waals surface area contributed by atoms with Gasteiger partial charge in [0, 0.05) is 31.9 Å². The minimum Gasteiger partial charge on any atom is -0.378 e. The molecule has 4 N–H and O–H groups in total. The van der Waals surface area contributed by atoms with E-state index in [0.29, 0.717) is 6.54 Å². The van der Waals surface area contributed by atoms with E-state index in [9.17, 15) is 0 Å². The van der Waals surface area contributed by atoms with Crippen LogP contribution in [0.15, 0.2) is 18.3 Å². The summed E-state index contributed by atoms with van der Waals surface area (Å²) >= 11 is 0. The van der Waals surface area contributed by atoms with Gasteiger partial charge in [-0.05, 0) is 11.6 Å². The highest BCUT2D eigenvalue weighted by molar-refractivity contribution is 5.40. The standard InChI is InChI=1S/C11H18N4O/c12-7-10(13)9-1-2-11(14-8-9)15-3-5-16-6-4-15/h1-2,8,10H,3-7,12-13H2. The van der Waals surface area contributed by atoms with E-state index in [-0.39, 0.29) is 6.04 Å². The van der Waals surface area contributed by atoms with E-state index in [4.69, 9.17) is 16.2 Å². The maximum atomic E-state index is 5.82. The first-order valence-electron chi connectivity index (χ1n) is 5.55. The first-order valence-corrected chi connectivity index (χ1v) is 5.55. The zero-order valence-corrected chi connectivity index (χ0v) is 9.30. The largest absolute Gasteiger partial charge is 0.378 e. The van der Waals surface area contributed by atoms with Crippen LogP contribution in [-0.2, 0) is 4.74 Å². The number of pyridine rings is 1. The lowest BCUT2D eigenvalue weighted by molar-refractivity contribution is 0.122. The van der Waals surface area contributed by atoms with Crippen LogP contribution in [0.25, 0.3) is 0 Å². The first kappa shape index (κ1) is 11.3. The molecule has 1 aromatic rings. The van der Waals surface area contributed by atoms with Gasteiger partial charge in [0.1, 0.15) is 5.82 Å². The maximum Gasteiger partial charge on any atom is 0.128 e. The van der Waals surface area contributed by atoms with Crippen molar-refractivity contribution in [1.29, 1.82) is 0 Å². The lowest BCUT2D eigenvalue weighted by atomic mass is 10.1. The van der Waals surface area contributed by atoms with Gasteiger partial charge < -0.3 is 21.1 Å². The van der Waals surface area contributed by atoms with Crippen molar-refractivity contribution in [2.75, 3.05) is 37.7 Å². The molecule has 5 heteroatoms. The fourth-order valence-corrected chi connectivity index (χ4v) is 1.73. The van der Waals surface area contributed by atoms with E-state index in [2.05, 4.69) is 9.88 Å². The maximum absolute atomic E-state index is 5.82. The number of aromatic nitrogens is 1. The summed E-state index contributed by atoms with van der Waals surface area (Å²) in [7, 11) is 0. The van der Waals surface area contributed by atoms with Crippen LogP contribution in [0.2, 0.25) is 0 Å². The minimum absolute atomic E-state index is 0.119. The Morgan fingerprint density at radius 3 is 2.69 bits per heavy atom. The van der Waals surface area contributed by atoms with Crippen LogP contribution in [0, 0.1) is 0 Å². The zero-order chi connectivity index (χ0) is 11.4. The van der Waals surface area contributed by atoms with Crippen molar-refractivity contribution < 1.29 is 4.74 Å². The van der Waals surface area contributed by atoms with Crippen molar-refractivity contribution in [3.63, 3.8) is 0 Å². The SMILES string of the molecule is NCC(N)c1ccc(N2CCOCC2)nc1. The predicted octanol–water partition coefficient (Wildman–Crippen LogP) is -0.123. The number of rotatable bonds is 3. The Bertz CT molecular complexity index is 321. The van der Waals surface area contributed by atoms with E-state index in [1.54, 1.807) is 0 Å². The molecule has 1 aliphatic heterocycles. The van der Waals surface area contributed by atoms with E-state index in [0.717, 1.165) is 37.7 Å². The Morgan fingerprint density at radius 1 is 1.38 bits per heavy atom. The summed E-state index contributed by atoms with van der Waals surface area (Å²) in [5.41, 5.74) is 12.3. The highest BCUT2D eigenvalue weighted by atomic mass is 16.5. The molecule has 1 aliphatic rings. The van der Waals surface area contributed by atoms with Crippen LogP contribution in [-0.4, -0.2) is 37.8 Å². The third kappa shape index (κ3) is 2.49. The van der Waals surface area contributed by atoms with Gasteiger partial charge in [0.05, 0.1) is 13.2 Å². The smallest absolute Gasteiger partial charge is 0.128 e. The van der Waals surface area contributed by atoms with E-state index < -0.39 is 0 Å². The number of nitrogens with zero attached hydrogens (tertiary/aromatic N) is 2. The highest BCUT2D eigenvalue weighted by Gasteiger charge is 2.12. The number of nitrogens with two attached hydrogens (primary N) is 2. The molecule has 0 spiro atoms. The minimum atomic E-state index is -0.119. The first-order chi connectivity index (χ1) is 7.81. The lowest BCUT2D eigenvalue weighted by Crippen LogP contribution is -2.36. The van der Waals surface area contributed by atoms with Crippen LogP contribution in [0.4, 0.5) is 5.82 Å². The van der Waals surface area contributed by atoms with Gasteiger partial charge in [-0.1, -0.05) is 6.07 Å². The summed E-state index contributed by atoms with van der Waals surface area (Å²) in [4.78, 5) is 6.62. The Morgan fingerprint density at radius 2 is 2.12 bits per heavy atom. The third-order valence-corrected chi connectivity index (χ3v) is 2.79. The van der Waals surface area contributed by atoms with Crippen molar-refractivity contribution in [2.24, 2.45) is 11.5 Å². The van der Waals surface area contributed by atoms with Gasteiger partial charge >= 0.3 is 0 Å². The molecule has 0 aromatic carbocycles. The van der Waals surface area contributed by atoms with Gasteiger partial charge in [-0.15, -0.1) is 0 Å². The predicted molar refractivity (Wildman–Crippen MR) is 63.3 cm³/mol. The zero-order valence-electron chi connectivity index (χ0n) is 9.30. The molecule has 0 bridgehead atoms. The molecule has 1 saturated heterocycles. The molecular weight excluding hydrogens is 204 g/mol. The summed E-state index contributed by atoms with van der Waals surface area (Å²) in [6, 6.07) is 3.87. The molecule has 2 rings (SSSR count). The Balaban J connectivity index is 2.06. The average Bonchev–Trinajstić information content (AvgIpc) is 2.39. The van der Waals surface area contributed by atoms with Gasteiger partial charge in [0.2, 0.25) is 0 Å². The lowest BCUT2D eigenvalue weighted by Gasteiger charge is -2.27. The molecule has 0 aliphatic carbocycles. The Kier molecular flexibility index (Phi) is 3.71. The van der Waals surface area contributed by atoms with Gasteiger partial charge in [-0.2, -0.15) is 0 Å². The fourth-order valence-electron chi connectivity index (χ4n) is 1.73. The highest BCUT2D eigenvalue weighted by Crippen LogP contribution is 2.15. The van der Waals surface area contributed by atoms with E-state index >= 15 is 0 Å². The quantitative estimate of drug-likeness (QED) is 0.745. The molecule has 0 radical (unpaired) electrons. The van der Waals surface area contributed by atoms with Crippen molar-refractivity contribution in [1.82, 2.24) is 4.98 Å². The molecule has 0 saturated carbocycles. The molecule has 1 unspecified atom stereocenters. The van der Waals surface area contributed by atoms with Crippen LogP contribution in [0.5, 0.6) is 0 Å². The number of hydrogen-bond acceptors (Lipinski definition) is 5. The van der Waals surface area contributed by atoms with Crippen molar-refractivity contribution in [3.05, 3.63) is 23.9 Å². The van der Waals surface area contributed by atoms with Crippen LogP contribution < -0.4 is 16.4 Å². The third-order valence-electron chi connectivity index (χ3n) is 2.79. The van der Waals surface area contributed by atoms with Crippen LogP contribution in [0.1, 0.15) is 11.6 Å². The molecule has 2 heterocycles. The number of anilines is 1. The number of ether oxygens (including phenoxy) is 1. The summed E-state index contributed by atoms with van der Waals surface area (Å²) in [6.07, 6.45) is 1.81. The van der Waals surface area contributed by atoms with Gasteiger partial charge in [-0.25, -0.2) is 4.98 Å². The average molecular weight is 222 g/mol. The summed E-state index contributed by atoms with van der Waals surface area (Å²) in [5.74, 6) is 0.983. The number of hydrogen-bond donors (Lipinski definition) is 2. The number of morpholine rings is 1. The van der Waals surface area contributed by atoms with Gasteiger partial charge in [-0.3, -0.25) is 0 Å². The second-order valence-corrected chi connectivity index (χ2v) is 3.89. The van der Waals surface area contributed by atoms with Gasteiger partial charge in [0.15, 0.2) is 0 Å². The van der Waals surface area contributed by atoms with Crippen molar-refractivity contribution >= 4 is 5.82 Å². The molecule has 88 valence electrons. The second-order valence-electron chi connectivity index (χ2n) is 3.89. The second kappa shape index (κ2) is 5.25. The van der Waals surface area contributed by atoms with Crippen molar-refractivity contribution in [3.8, 4) is 0 Å². The summed E-state index contributed by atoms with van der Waals surface area (Å²) in [5, 5.41) is 0. The molecule has 1 atom stereocenters. The van der Waals surface area contributed by atoms with E-state index in [1.807, 2.05) is 18.3 Å². The molecule has 0 amide bonds. The molecule has 16 heavy (non-hydrogen) atoms. The van der Waals surface area contributed by atoms with Crippen molar-refractivity contribution in [2.45, 2.75) is 6.04 Å². The van der Waals surface area contributed by atoms with Crippen LogP contribution >= 0.6 is 0 Å². The van der Waals surface area contributed by atoms with Crippen LogP contribution in [0.3, 0.4) is 0 Å². The molecule has 1 aromatic heterocycles.